The number of para-hydroxylation sites is 1. The van der Waals surface area contributed by atoms with Gasteiger partial charge in [-0.1, -0.05) is 50.7 Å². The highest BCUT2D eigenvalue weighted by Gasteiger charge is 2.25. The van der Waals surface area contributed by atoms with E-state index in [0.717, 1.165) is 28.6 Å². The fraction of sp³-hybridized carbons (Fsp3) is 0.333. The van der Waals surface area contributed by atoms with E-state index in [4.69, 9.17) is 9.40 Å². The summed E-state index contributed by atoms with van der Waals surface area (Å²) in [5, 5.41) is 0.565. The maximum absolute atomic E-state index is 13.7. The zero-order valence-electron chi connectivity index (χ0n) is 21.0. The highest BCUT2D eigenvalue weighted by Crippen LogP contribution is 2.35. The Morgan fingerprint density at radius 3 is 2.47 bits per heavy atom. The van der Waals surface area contributed by atoms with Crippen LogP contribution in [0.1, 0.15) is 61.2 Å². The lowest BCUT2D eigenvalue weighted by Gasteiger charge is -2.20. The van der Waals surface area contributed by atoms with Crippen LogP contribution < -0.4 is 4.90 Å². The largest absolute Gasteiger partial charge is 0.467 e. The van der Waals surface area contributed by atoms with Gasteiger partial charge in [0, 0.05) is 19.2 Å². The van der Waals surface area contributed by atoms with Crippen LogP contribution in [0, 0.1) is 0 Å². The Bertz CT molecular complexity index is 1430. The number of nitrogens with zero attached hydrogens (tertiary/aromatic N) is 3. The van der Waals surface area contributed by atoms with Crippen molar-refractivity contribution in [3.05, 3.63) is 77.7 Å². The summed E-state index contributed by atoms with van der Waals surface area (Å²) in [5.74, 6) is 0.645. The van der Waals surface area contributed by atoms with Crippen LogP contribution in [0.2, 0.25) is 0 Å². The molecule has 0 N–H and O–H groups in total. The molecule has 2 aromatic carbocycles. The Balaban J connectivity index is 1.68. The number of hydrogen-bond donors (Lipinski definition) is 0. The molecule has 0 fully saturated rings. The molecule has 36 heavy (non-hydrogen) atoms. The molecule has 4 rings (SSSR count). The van der Waals surface area contributed by atoms with Crippen molar-refractivity contribution < 1.29 is 17.6 Å². The van der Waals surface area contributed by atoms with Gasteiger partial charge in [-0.3, -0.25) is 9.69 Å². The number of amides is 1. The van der Waals surface area contributed by atoms with Crippen molar-refractivity contribution >= 4 is 42.6 Å². The van der Waals surface area contributed by atoms with Crippen LogP contribution in [0.15, 0.2) is 70.2 Å². The van der Waals surface area contributed by atoms with Crippen LogP contribution in [0.3, 0.4) is 0 Å². The molecule has 4 aromatic rings. The quantitative estimate of drug-likeness (QED) is 0.243. The van der Waals surface area contributed by atoms with E-state index in [2.05, 4.69) is 19.9 Å². The van der Waals surface area contributed by atoms with Gasteiger partial charge < -0.3 is 4.42 Å². The number of carbonyl (C=O) groups excluding carboxylic acids is 1. The number of thiazole rings is 1. The molecule has 0 saturated heterocycles. The molecule has 0 atom stereocenters. The highest BCUT2D eigenvalue weighted by molar-refractivity contribution is 7.89. The Hall–Kier alpha value is -3.01. The van der Waals surface area contributed by atoms with Crippen LogP contribution in [0.5, 0.6) is 0 Å². The second kappa shape index (κ2) is 10.9. The molecule has 7 nitrogen and oxygen atoms in total. The van der Waals surface area contributed by atoms with E-state index in [1.807, 2.05) is 25.1 Å². The summed E-state index contributed by atoms with van der Waals surface area (Å²) < 4.78 is 33.6. The third-order valence-corrected chi connectivity index (χ3v) is 8.98. The molecule has 190 valence electrons. The molecule has 0 radical (unpaired) electrons. The van der Waals surface area contributed by atoms with Crippen molar-refractivity contribution in [1.82, 2.24) is 9.29 Å². The number of aromatic nitrogens is 1. The fourth-order valence-corrected chi connectivity index (χ4v) is 6.14. The number of sulfonamides is 1. The van der Waals surface area contributed by atoms with Gasteiger partial charge in [-0.15, -0.1) is 0 Å². The maximum atomic E-state index is 13.7. The lowest BCUT2D eigenvalue weighted by molar-refractivity contribution is 0.0983. The van der Waals surface area contributed by atoms with Crippen molar-refractivity contribution in [2.45, 2.75) is 51.0 Å². The molecule has 9 heteroatoms. The molecular formula is C27H31N3O4S2. The van der Waals surface area contributed by atoms with Crippen LogP contribution in [0.25, 0.3) is 10.2 Å². The first-order valence-corrected chi connectivity index (χ1v) is 14.3. The van der Waals surface area contributed by atoms with Gasteiger partial charge in [0.2, 0.25) is 10.0 Å². The van der Waals surface area contributed by atoms with Crippen LogP contribution in [-0.2, 0) is 16.6 Å². The predicted molar refractivity (Wildman–Crippen MR) is 144 cm³/mol. The Labute approximate surface area is 216 Å². The standard InChI is InChI=1S/C27H31N3O4S2/c1-5-6-16-29(4)36(32,33)22-14-12-20(13-15-22)26(31)30(18-21-9-8-17-34-21)27-28-25-23(19(2)3)10-7-11-24(25)35-27/h7-15,17,19H,5-6,16,18H2,1-4H3. The second-order valence-electron chi connectivity index (χ2n) is 9.02. The summed E-state index contributed by atoms with van der Waals surface area (Å²) in [5.41, 5.74) is 2.39. The van der Waals surface area contributed by atoms with E-state index < -0.39 is 10.0 Å². The minimum Gasteiger partial charge on any atom is -0.467 e. The minimum absolute atomic E-state index is 0.164. The van der Waals surface area contributed by atoms with E-state index >= 15 is 0 Å². The Morgan fingerprint density at radius 2 is 1.83 bits per heavy atom. The summed E-state index contributed by atoms with van der Waals surface area (Å²) in [6, 6.07) is 15.8. The first-order valence-electron chi connectivity index (χ1n) is 12.0. The van der Waals surface area contributed by atoms with E-state index in [-0.39, 0.29) is 17.3 Å². The fourth-order valence-electron chi connectivity index (χ4n) is 3.93. The minimum atomic E-state index is -3.61. The predicted octanol–water partition coefficient (Wildman–Crippen LogP) is 6.28. The molecule has 0 aliphatic rings. The van der Waals surface area contributed by atoms with Gasteiger partial charge in [0.15, 0.2) is 5.13 Å². The smallest absolute Gasteiger partial charge is 0.260 e. The summed E-state index contributed by atoms with van der Waals surface area (Å²) >= 11 is 1.45. The van der Waals surface area contributed by atoms with E-state index in [0.29, 0.717) is 28.9 Å². The third kappa shape index (κ3) is 5.38. The van der Waals surface area contributed by atoms with Gasteiger partial charge in [-0.05, 0) is 60.4 Å². The number of carbonyl (C=O) groups is 1. The van der Waals surface area contributed by atoms with Gasteiger partial charge in [-0.2, -0.15) is 0 Å². The normalized spacial score (nSPS) is 12.1. The molecule has 0 aliphatic heterocycles. The van der Waals surface area contributed by atoms with E-state index in [9.17, 15) is 13.2 Å². The Kier molecular flexibility index (Phi) is 7.92. The van der Waals surface area contributed by atoms with Gasteiger partial charge in [0.1, 0.15) is 5.76 Å². The van der Waals surface area contributed by atoms with E-state index in [1.165, 1.54) is 27.8 Å². The number of unbranched alkanes of at least 4 members (excludes halogenated alkanes) is 1. The van der Waals surface area contributed by atoms with Gasteiger partial charge in [0.05, 0.1) is 27.9 Å². The first kappa shape index (κ1) is 26.1. The number of anilines is 1. The topological polar surface area (TPSA) is 83.7 Å². The summed E-state index contributed by atoms with van der Waals surface area (Å²) in [6.07, 6.45) is 3.26. The van der Waals surface area contributed by atoms with Crippen molar-refractivity contribution in [2.75, 3.05) is 18.5 Å². The SMILES string of the molecule is CCCCN(C)S(=O)(=O)c1ccc(C(=O)N(Cc2ccco2)c2nc3c(C(C)C)cccc3s2)cc1. The lowest BCUT2D eigenvalue weighted by atomic mass is 10.0. The molecule has 0 aliphatic carbocycles. The molecule has 0 spiro atoms. The van der Waals surface area contributed by atoms with E-state index in [1.54, 1.807) is 36.4 Å². The monoisotopic (exact) mass is 525 g/mol. The molecule has 0 unspecified atom stereocenters. The summed E-state index contributed by atoms with van der Waals surface area (Å²) in [4.78, 5) is 20.3. The van der Waals surface area contributed by atoms with Gasteiger partial charge in [0.25, 0.3) is 5.91 Å². The maximum Gasteiger partial charge on any atom is 0.260 e. The number of fused-ring (bicyclic) bond motifs is 1. The average Bonchev–Trinajstić information content (AvgIpc) is 3.54. The lowest BCUT2D eigenvalue weighted by Crippen LogP contribution is -2.30. The number of rotatable bonds is 10. The second-order valence-corrected chi connectivity index (χ2v) is 12.1. The molecular weight excluding hydrogens is 494 g/mol. The molecule has 1 amide bonds. The van der Waals surface area contributed by atoms with Gasteiger partial charge in [-0.25, -0.2) is 17.7 Å². The molecule has 0 saturated carbocycles. The van der Waals surface area contributed by atoms with Crippen molar-refractivity contribution in [1.29, 1.82) is 0 Å². The van der Waals surface area contributed by atoms with Crippen LogP contribution in [0.4, 0.5) is 5.13 Å². The molecule has 2 aromatic heterocycles. The zero-order valence-corrected chi connectivity index (χ0v) is 22.6. The molecule has 2 heterocycles. The Morgan fingerprint density at radius 1 is 1.08 bits per heavy atom. The van der Waals surface area contributed by atoms with Crippen LogP contribution >= 0.6 is 11.3 Å². The number of hydrogen-bond acceptors (Lipinski definition) is 6. The molecule has 0 bridgehead atoms. The average molecular weight is 526 g/mol. The van der Waals surface area contributed by atoms with Crippen molar-refractivity contribution in [2.24, 2.45) is 0 Å². The van der Waals surface area contributed by atoms with Crippen molar-refractivity contribution in [3.8, 4) is 0 Å². The zero-order chi connectivity index (χ0) is 25.9. The van der Waals surface area contributed by atoms with Gasteiger partial charge >= 0.3 is 0 Å². The summed E-state index contributed by atoms with van der Waals surface area (Å²) in [6.45, 7) is 6.92. The third-order valence-electron chi connectivity index (χ3n) is 6.07. The number of benzene rings is 2. The van der Waals surface area contributed by atoms with Crippen LogP contribution in [-0.4, -0.2) is 37.2 Å². The first-order chi connectivity index (χ1) is 17.2. The summed E-state index contributed by atoms with van der Waals surface area (Å²) in [7, 11) is -2.04. The van der Waals surface area contributed by atoms with Crippen molar-refractivity contribution in [3.63, 3.8) is 0 Å². The number of furan rings is 1. The highest BCUT2D eigenvalue weighted by atomic mass is 32.2.